The number of carbonyl (C=O) groups is 3. The maximum absolute atomic E-state index is 12.5. The summed E-state index contributed by atoms with van der Waals surface area (Å²) in [4.78, 5) is 35.7. The van der Waals surface area contributed by atoms with Crippen LogP contribution in [0.25, 0.3) is 11.1 Å². The van der Waals surface area contributed by atoms with Crippen LogP contribution in [-0.2, 0) is 14.3 Å². The quantitative estimate of drug-likeness (QED) is 0.513. The maximum Gasteiger partial charge on any atom is 0.407 e. The Balaban J connectivity index is 1.23. The number of aliphatic carboxylic acids is 1. The van der Waals surface area contributed by atoms with E-state index < -0.39 is 12.1 Å². The molecule has 0 spiro atoms. The number of rotatable bonds is 9. The molecule has 0 saturated heterocycles. The summed E-state index contributed by atoms with van der Waals surface area (Å²) in [6.45, 7) is 2.66. The molecule has 180 valence electrons. The van der Waals surface area contributed by atoms with Gasteiger partial charge in [-0.3, -0.25) is 9.59 Å². The van der Waals surface area contributed by atoms with Crippen LogP contribution in [0, 0.1) is 11.8 Å². The number of fused-ring (bicyclic) bond motifs is 3. The molecule has 1 unspecified atom stereocenters. The van der Waals surface area contributed by atoms with Gasteiger partial charge < -0.3 is 20.5 Å². The second-order valence-corrected chi connectivity index (χ2v) is 9.46. The molecule has 2 amide bonds. The molecule has 0 aromatic heterocycles. The van der Waals surface area contributed by atoms with Crippen LogP contribution in [0.4, 0.5) is 4.79 Å². The highest BCUT2D eigenvalue weighted by Crippen LogP contribution is 2.44. The highest BCUT2D eigenvalue weighted by molar-refractivity contribution is 5.80. The van der Waals surface area contributed by atoms with Gasteiger partial charge in [0.2, 0.25) is 5.91 Å². The lowest BCUT2D eigenvalue weighted by atomic mass is 9.98. The van der Waals surface area contributed by atoms with Gasteiger partial charge in [0.05, 0.1) is 0 Å². The fraction of sp³-hybridized carbons (Fsp3) is 0.444. The molecule has 0 radical (unpaired) electrons. The maximum atomic E-state index is 12.5. The average molecular weight is 465 g/mol. The molecule has 1 fully saturated rings. The third kappa shape index (κ3) is 5.58. The number of amides is 2. The predicted octanol–water partition coefficient (Wildman–Crippen LogP) is 4.31. The first kappa shape index (κ1) is 23.8. The molecular weight excluding hydrogens is 432 g/mol. The molecule has 0 bridgehead atoms. The van der Waals surface area contributed by atoms with Gasteiger partial charge in [0.1, 0.15) is 6.61 Å². The first-order chi connectivity index (χ1) is 16.4. The van der Waals surface area contributed by atoms with Gasteiger partial charge in [-0.1, -0.05) is 55.5 Å². The minimum Gasteiger partial charge on any atom is -0.481 e. The van der Waals surface area contributed by atoms with Gasteiger partial charge in [0.15, 0.2) is 0 Å². The predicted molar refractivity (Wildman–Crippen MR) is 128 cm³/mol. The van der Waals surface area contributed by atoms with Crippen LogP contribution in [-0.4, -0.2) is 42.3 Å². The monoisotopic (exact) mass is 464 g/mol. The summed E-state index contributed by atoms with van der Waals surface area (Å²) in [5, 5.41) is 14.6. The zero-order valence-corrected chi connectivity index (χ0v) is 19.5. The number of alkyl carbamates (subject to hydrolysis) is 1. The van der Waals surface area contributed by atoms with E-state index in [1.54, 1.807) is 0 Å². The van der Waals surface area contributed by atoms with E-state index in [0.29, 0.717) is 25.8 Å². The Morgan fingerprint density at radius 2 is 1.68 bits per heavy atom. The van der Waals surface area contributed by atoms with Crippen molar-refractivity contribution in [1.82, 2.24) is 10.6 Å². The van der Waals surface area contributed by atoms with Crippen LogP contribution < -0.4 is 10.6 Å². The number of hydrogen-bond donors (Lipinski definition) is 3. The van der Waals surface area contributed by atoms with Crippen molar-refractivity contribution in [2.75, 3.05) is 13.2 Å². The Labute approximate surface area is 199 Å². The smallest absolute Gasteiger partial charge is 0.407 e. The number of carbonyl (C=O) groups excluding carboxylic acids is 2. The van der Waals surface area contributed by atoms with Gasteiger partial charge in [0, 0.05) is 30.8 Å². The first-order valence-corrected chi connectivity index (χ1v) is 12.0. The number of nitrogens with one attached hydrogen (secondary N) is 2. The standard InChI is InChI=1S/C27H32N2O5/c1-17(10-13-25(30)31)15-28-26(32)18-11-12-19(14-18)29-27(33)34-16-24-22-8-4-2-6-20(22)21-7-3-5-9-23(21)24/h2-9,17-19,24H,10-16H2,1H3,(H,28,32)(H,29,33)(H,30,31)/t17?,18-,19+/m0/s1. The fourth-order valence-corrected chi connectivity index (χ4v) is 5.05. The van der Waals surface area contributed by atoms with E-state index in [2.05, 4.69) is 34.9 Å². The van der Waals surface area contributed by atoms with Crippen molar-refractivity contribution in [2.24, 2.45) is 11.8 Å². The molecule has 7 heteroatoms. The van der Waals surface area contributed by atoms with Gasteiger partial charge in [-0.15, -0.1) is 0 Å². The van der Waals surface area contributed by atoms with E-state index in [1.807, 2.05) is 31.2 Å². The molecule has 3 atom stereocenters. The van der Waals surface area contributed by atoms with Crippen LogP contribution in [0.2, 0.25) is 0 Å². The Morgan fingerprint density at radius 1 is 1.03 bits per heavy atom. The van der Waals surface area contributed by atoms with E-state index in [9.17, 15) is 14.4 Å². The lowest BCUT2D eigenvalue weighted by molar-refractivity contribution is -0.137. The van der Waals surface area contributed by atoms with Crippen molar-refractivity contribution >= 4 is 18.0 Å². The molecule has 1 saturated carbocycles. The minimum absolute atomic E-state index is 0.0170. The summed E-state index contributed by atoms with van der Waals surface area (Å²) in [7, 11) is 0. The number of hydrogen-bond acceptors (Lipinski definition) is 4. The number of benzene rings is 2. The largest absolute Gasteiger partial charge is 0.481 e. The molecule has 34 heavy (non-hydrogen) atoms. The van der Waals surface area contributed by atoms with Gasteiger partial charge in [-0.25, -0.2) is 4.79 Å². The van der Waals surface area contributed by atoms with Crippen molar-refractivity contribution < 1.29 is 24.2 Å². The van der Waals surface area contributed by atoms with Crippen LogP contribution in [0.3, 0.4) is 0 Å². The summed E-state index contributed by atoms with van der Waals surface area (Å²) < 4.78 is 5.62. The highest BCUT2D eigenvalue weighted by Gasteiger charge is 2.32. The van der Waals surface area contributed by atoms with E-state index in [4.69, 9.17) is 9.84 Å². The van der Waals surface area contributed by atoms with Crippen molar-refractivity contribution in [2.45, 2.75) is 51.0 Å². The Hall–Kier alpha value is -3.35. The van der Waals surface area contributed by atoms with Gasteiger partial charge in [-0.05, 0) is 53.9 Å². The normalized spacial score (nSPS) is 19.7. The number of carboxylic acids is 1. The van der Waals surface area contributed by atoms with Crippen molar-refractivity contribution in [1.29, 1.82) is 0 Å². The van der Waals surface area contributed by atoms with E-state index >= 15 is 0 Å². The van der Waals surface area contributed by atoms with E-state index in [1.165, 1.54) is 22.3 Å². The summed E-state index contributed by atoms with van der Waals surface area (Å²) in [6.07, 6.45) is 2.22. The molecule has 2 aliphatic rings. The average Bonchev–Trinajstić information content (AvgIpc) is 3.42. The Morgan fingerprint density at radius 3 is 2.32 bits per heavy atom. The van der Waals surface area contributed by atoms with Crippen LogP contribution in [0.5, 0.6) is 0 Å². The minimum atomic E-state index is -0.823. The molecule has 4 rings (SSSR count). The lowest BCUT2D eigenvalue weighted by Crippen LogP contribution is -2.36. The molecular formula is C27H32N2O5. The van der Waals surface area contributed by atoms with Crippen LogP contribution in [0.15, 0.2) is 48.5 Å². The Bertz CT molecular complexity index is 1010. The SMILES string of the molecule is CC(CCC(=O)O)CNC(=O)[C@H]1CC[C@@H](NC(=O)OCC2c3ccccc3-c3ccccc32)C1. The molecule has 2 aromatic rings. The van der Waals surface area contributed by atoms with E-state index in [0.717, 1.165) is 6.42 Å². The molecule has 7 nitrogen and oxygen atoms in total. The third-order valence-corrected chi connectivity index (χ3v) is 6.94. The van der Waals surface area contributed by atoms with Gasteiger partial charge in [0.25, 0.3) is 0 Å². The second kappa shape index (κ2) is 10.7. The van der Waals surface area contributed by atoms with Gasteiger partial charge >= 0.3 is 12.1 Å². The van der Waals surface area contributed by atoms with Crippen LogP contribution >= 0.6 is 0 Å². The molecule has 0 aliphatic heterocycles. The Kier molecular flexibility index (Phi) is 7.50. The summed E-state index contributed by atoms with van der Waals surface area (Å²) in [6, 6.07) is 16.4. The number of ether oxygens (including phenoxy) is 1. The van der Waals surface area contributed by atoms with Crippen molar-refractivity contribution in [3.05, 3.63) is 59.7 Å². The second-order valence-electron chi connectivity index (χ2n) is 9.46. The molecule has 0 heterocycles. The number of carboxylic acid groups (broad SMARTS) is 1. The van der Waals surface area contributed by atoms with Crippen molar-refractivity contribution in [3.8, 4) is 11.1 Å². The van der Waals surface area contributed by atoms with Crippen LogP contribution in [0.1, 0.15) is 56.1 Å². The summed E-state index contributed by atoms with van der Waals surface area (Å²) >= 11 is 0. The molecule has 3 N–H and O–H groups in total. The fourth-order valence-electron chi connectivity index (χ4n) is 5.05. The zero-order valence-electron chi connectivity index (χ0n) is 19.5. The molecule has 2 aliphatic carbocycles. The summed E-state index contributed by atoms with van der Waals surface area (Å²) in [5.74, 6) is -0.875. The van der Waals surface area contributed by atoms with Crippen molar-refractivity contribution in [3.63, 3.8) is 0 Å². The highest BCUT2D eigenvalue weighted by atomic mass is 16.5. The van der Waals surface area contributed by atoms with E-state index in [-0.39, 0.29) is 42.7 Å². The first-order valence-electron chi connectivity index (χ1n) is 12.0. The molecule has 2 aromatic carbocycles. The third-order valence-electron chi connectivity index (χ3n) is 6.94. The van der Waals surface area contributed by atoms with Gasteiger partial charge in [-0.2, -0.15) is 0 Å². The summed E-state index contributed by atoms with van der Waals surface area (Å²) in [5.41, 5.74) is 4.72. The zero-order chi connectivity index (χ0) is 24.1. The lowest BCUT2D eigenvalue weighted by Gasteiger charge is -2.17. The topological polar surface area (TPSA) is 105 Å².